The zero-order valence-corrected chi connectivity index (χ0v) is 14.9. The fraction of sp³-hybridized carbons (Fsp3) is 0.556. The molecule has 1 aromatic rings. The summed E-state index contributed by atoms with van der Waals surface area (Å²) in [6.45, 7) is 1.65. The molecule has 1 saturated heterocycles. The van der Waals surface area contributed by atoms with Gasteiger partial charge in [0.05, 0.1) is 0 Å². The quantitative estimate of drug-likeness (QED) is 0.806. The SMILES string of the molecule is O=C1SCCN1CC(=O)N(Cc1ccc2c(c1)OCO2)C1CCCC1. The lowest BCUT2D eigenvalue weighted by Gasteiger charge is -2.30. The predicted octanol–water partition coefficient (Wildman–Crippen LogP) is 2.86. The first-order valence-corrected chi connectivity index (χ1v) is 9.79. The van der Waals surface area contributed by atoms with E-state index in [1.54, 1.807) is 4.90 Å². The third kappa shape index (κ3) is 3.56. The fourth-order valence-electron chi connectivity index (χ4n) is 3.70. The van der Waals surface area contributed by atoms with E-state index in [1.165, 1.54) is 11.8 Å². The third-order valence-electron chi connectivity index (χ3n) is 5.05. The van der Waals surface area contributed by atoms with E-state index in [1.807, 2.05) is 23.1 Å². The molecule has 7 heteroatoms. The van der Waals surface area contributed by atoms with Crippen LogP contribution >= 0.6 is 11.8 Å². The second-order valence-electron chi connectivity index (χ2n) is 6.68. The predicted molar refractivity (Wildman–Crippen MR) is 94.8 cm³/mol. The summed E-state index contributed by atoms with van der Waals surface area (Å²) in [6, 6.07) is 6.10. The Kier molecular flexibility index (Phi) is 4.74. The van der Waals surface area contributed by atoms with Gasteiger partial charge in [-0.25, -0.2) is 0 Å². The van der Waals surface area contributed by atoms with Crippen LogP contribution in [0.2, 0.25) is 0 Å². The fourth-order valence-corrected chi connectivity index (χ4v) is 4.52. The lowest BCUT2D eigenvalue weighted by atomic mass is 10.1. The van der Waals surface area contributed by atoms with Crippen LogP contribution in [0.1, 0.15) is 31.2 Å². The van der Waals surface area contributed by atoms with E-state index in [0.29, 0.717) is 13.1 Å². The summed E-state index contributed by atoms with van der Waals surface area (Å²) >= 11 is 1.29. The van der Waals surface area contributed by atoms with E-state index < -0.39 is 0 Å². The number of benzene rings is 1. The second-order valence-corrected chi connectivity index (χ2v) is 7.73. The number of nitrogens with zero attached hydrogens (tertiary/aromatic N) is 2. The first-order chi connectivity index (χ1) is 12.2. The van der Waals surface area contributed by atoms with Crippen molar-refractivity contribution >= 4 is 22.9 Å². The number of hydrogen-bond donors (Lipinski definition) is 0. The van der Waals surface area contributed by atoms with Crippen molar-refractivity contribution in [1.82, 2.24) is 9.80 Å². The Balaban J connectivity index is 1.49. The van der Waals surface area contributed by atoms with Gasteiger partial charge in [0, 0.05) is 24.9 Å². The Morgan fingerprint density at radius 3 is 2.80 bits per heavy atom. The molecule has 1 aliphatic carbocycles. The monoisotopic (exact) mass is 362 g/mol. The maximum Gasteiger partial charge on any atom is 0.282 e. The number of hydrogen-bond acceptors (Lipinski definition) is 5. The van der Waals surface area contributed by atoms with Gasteiger partial charge in [0.2, 0.25) is 12.7 Å². The largest absolute Gasteiger partial charge is 0.454 e. The zero-order chi connectivity index (χ0) is 17.2. The number of rotatable bonds is 5. The van der Waals surface area contributed by atoms with Gasteiger partial charge in [-0.15, -0.1) is 0 Å². The van der Waals surface area contributed by atoms with Crippen LogP contribution in [0.15, 0.2) is 18.2 Å². The van der Waals surface area contributed by atoms with Gasteiger partial charge in [-0.1, -0.05) is 30.7 Å². The summed E-state index contributed by atoms with van der Waals surface area (Å²) in [5.41, 5.74) is 1.03. The molecule has 1 aromatic carbocycles. The van der Waals surface area contributed by atoms with Gasteiger partial charge in [0.25, 0.3) is 5.24 Å². The highest BCUT2D eigenvalue weighted by molar-refractivity contribution is 8.13. The van der Waals surface area contributed by atoms with Gasteiger partial charge in [-0.3, -0.25) is 9.59 Å². The number of carbonyl (C=O) groups excluding carboxylic acids is 2. The molecule has 0 unspecified atom stereocenters. The number of thioether (sulfide) groups is 1. The van der Waals surface area contributed by atoms with Gasteiger partial charge in [-0.2, -0.15) is 0 Å². The first-order valence-electron chi connectivity index (χ1n) is 8.80. The molecule has 3 aliphatic rings. The molecule has 2 heterocycles. The topological polar surface area (TPSA) is 59.1 Å². The molecular formula is C18H22N2O4S. The van der Waals surface area contributed by atoms with Gasteiger partial charge < -0.3 is 19.3 Å². The Hall–Kier alpha value is -1.89. The molecule has 2 fully saturated rings. The van der Waals surface area contributed by atoms with Crippen LogP contribution in [0, 0.1) is 0 Å². The number of amides is 2. The summed E-state index contributed by atoms with van der Waals surface area (Å²) in [7, 11) is 0. The number of carbonyl (C=O) groups is 2. The molecule has 6 nitrogen and oxygen atoms in total. The van der Waals surface area contributed by atoms with Crippen LogP contribution < -0.4 is 9.47 Å². The smallest absolute Gasteiger partial charge is 0.282 e. The van der Waals surface area contributed by atoms with E-state index in [9.17, 15) is 9.59 Å². The lowest BCUT2D eigenvalue weighted by Crippen LogP contribution is -2.44. The molecule has 25 heavy (non-hydrogen) atoms. The van der Waals surface area contributed by atoms with Gasteiger partial charge in [0.15, 0.2) is 11.5 Å². The molecule has 0 bridgehead atoms. The van der Waals surface area contributed by atoms with E-state index >= 15 is 0 Å². The normalized spacial score (nSPS) is 19.7. The summed E-state index contributed by atoms with van der Waals surface area (Å²) < 4.78 is 10.8. The average Bonchev–Trinajstić information content (AvgIpc) is 3.34. The van der Waals surface area contributed by atoms with Gasteiger partial charge in [0.1, 0.15) is 6.54 Å². The van der Waals surface area contributed by atoms with Gasteiger partial charge >= 0.3 is 0 Å². The summed E-state index contributed by atoms with van der Waals surface area (Å²) in [5.74, 6) is 2.31. The maximum absolute atomic E-state index is 12.9. The molecule has 134 valence electrons. The van der Waals surface area contributed by atoms with Crippen LogP contribution in [0.25, 0.3) is 0 Å². The minimum atomic E-state index is 0.0165. The number of fused-ring (bicyclic) bond motifs is 1. The minimum absolute atomic E-state index is 0.0165. The molecule has 0 N–H and O–H groups in total. The van der Waals surface area contributed by atoms with Crippen molar-refractivity contribution in [2.45, 2.75) is 38.3 Å². The highest BCUT2D eigenvalue weighted by Crippen LogP contribution is 2.34. The van der Waals surface area contributed by atoms with E-state index in [2.05, 4.69) is 0 Å². The molecule has 4 rings (SSSR count). The van der Waals surface area contributed by atoms with Crippen LogP contribution in [0.5, 0.6) is 11.5 Å². The molecule has 2 aliphatic heterocycles. The average molecular weight is 362 g/mol. The van der Waals surface area contributed by atoms with Gasteiger partial charge in [-0.05, 0) is 30.5 Å². The van der Waals surface area contributed by atoms with Crippen molar-refractivity contribution in [3.8, 4) is 11.5 Å². The Labute approximate surface area is 151 Å². The van der Waals surface area contributed by atoms with E-state index in [-0.39, 0.29) is 30.5 Å². The molecule has 0 atom stereocenters. The van der Waals surface area contributed by atoms with E-state index in [4.69, 9.17) is 9.47 Å². The minimum Gasteiger partial charge on any atom is -0.454 e. The Morgan fingerprint density at radius 1 is 1.24 bits per heavy atom. The molecule has 0 aromatic heterocycles. The zero-order valence-electron chi connectivity index (χ0n) is 14.1. The standard InChI is InChI=1S/C18H22N2O4S/c21-17(11-19-7-8-25-18(19)22)20(14-3-1-2-4-14)10-13-5-6-15-16(9-13)24-12-23-15/h5-6,9,14H,1-4,7-8,10-12H2. The summed E-state index contributed by atoms with van der Waals surface area (Å²) in [4.78, 5) is 28.4. The van der Waals surface area contributed by atoms with Crippen molar-refractivity contribution in [2.75, 3.05) is 25.6 Å². The highest BCUT2D eigenvalue weighted by atomic mass is 32.2. The maximum atomic E-state index is 12.9. The molecule has 0 radical (unpaired) electrons. The third-order valence-corrected chi connectivity index (χ3v) is 5.94. The molecular weight excluding hydrogens is 340 g/mol. The van der Waals surface area contributed by atoms with Crippen LogP contribution in [-0.4, -0.2) is 52.6 Å². The van der Waals surface area contributed by atoms with Crippen LogP contribution in [0.3, 0.4) is 0 Å². The Bertz CT molecular complexity index is 675. The summed E-state index contributed by atoms with van der Waals surface area (Å²) in [5, 5.41) is 0.0165. The molecule has 0 spiro atoms. The van der Waals surface area contributed by atoms with Crippen molar-refractivity contribution in [1.29, 1.82) is 0 Å². The molecule has 2 amide bonds. The lowest BCUT2D eigenvalue weighted by molar-refractivity contribution is -0.134. The summed E-state index contributed by atoms with van der Waals surface area (Å²) in [6.07, 6.45) is 4.40. The van der Waals surface area contributed by atoms with Crippen molar-refractivity contribution in [2.24, 2.45) is 0 Å². The van der Waals surface area contributed by atoms with Crippen molar-refractivity contribution in [3.63, 3.8) is 0 Å². The number of ether oxygens (including phenoxy) is 2. The highest BCUT2D eigenvalue weighted by Gasteiger charge is 2.31. The van der Waals surface area contributed by atoms with E-state index in [0.717, 1.165) is 48.5 Å². The Morgan fingerprint density at radius 2 is 2.04 bits per heavy atom. The second kappa shape index (κ2) is 7.15. The first kappa shape index (κ1) is 16.6. The molecule has 1 saturated carbocycles. The van der Waals surface area contributed by atoms with Crippen molar-refractivity contribution in [3.05, 3.63) is 23.8 Å². The van der Waals surface area contributed by atoms with Crippen molar-refractivity contribution < 1.29 is 19.1 Å². The van der Waals surface area contributed by atoms with Crippen LogP contribution in [-0.2, 0) is 11.3 Å². The van der Waals surface area contributed by atoms with Crippen LogP contribution in [0.4, 0.5) is 4.79 Å².